The molecule has 3 fully saturated rings. The fourth-order valence-electron chi connectivity index (χ4n) is 6.41. The normalized spacial score (nSPS) is 27.9. The van der Waals surface area contributed by atoms with Crippen molar-refractivity contribution in [3.63, 3.8) is 0 Å². The van der Waals surface area contributed by atoms with Crippen LogP contribution in [0, 0.1) is 11.8 Å². The number of hydrogen-bond acceptors (Lipinski definition) is 6. The third kappa shape index (κ3) is 5.20. The number of aliphatic hydroxyl groups excluding tert-OH is 1. The number of pyridine rings is 1. The van der Waals surface area contributed by atoms with Gasteiger partial charge in [-0.05, 0) is 86.3 Å². The maximum absolute atomic E-state index is 13.1. The highest BCUT2D eigenvalue weighted by atomic mass is 35.5. The van der Waals surface area contributed by atoms with Crippen molar-refractivity contribution >= 4 is 34.1 Å². The molecule has 39 heavy (non-hydrogen) atoms. The van der Waals surface area contributed by atoms with Gasteiger partial charge in [-0.2, -0.15) is 5.10 Å². The second-order valence-electron chi connectivity index (χ2n) is 12.2. The number of amides is 1. The minimum atomic E-state index is -0.451. The highest BCUT2D eigenvalue weighted by Gasteiger charge is 2.46. The molecule has 8 nitrogen and oxygen atoms in total. The van der Waals surface area contributed by atoms with Gasteiger partial charge in [-0.1, -0.05) is 25.4 Å². The number of nitrogens with zero attached hydrogens (tertiary/aromatic N) is 4. The number of ether oxygens (including phenoxy) is 1. The molecule has 1 amide bonds. The topological polar surface area (TPSA) is 92.5 Å². The zero-order valence-electron chi connectivity index (χ0n) is 22.9. The van der Waals surface area contributed by atoms with Crippen molar-refractivity contribution in [1.82, 2.24) is 19.7 Å². The molecular weight excluding hydrogens is 514 g/mol. The van der Waals surface area contributed by atoms with Gasteiger partial charge in [-0.3, -0.25) is 14.4 Å². The Bertz CT molecular complexity index is 1370. The number of benzene rings is 1. The quantitative estimate of drug-likeness (QED) is 0.438. The smallest absolute Gasteiger partial charge is 0.229 e. The predicted octanol–water partition coefficient (Wildman–Crippen LogP) is 4.81. The van der Waals surface area contributed by atoms with Crippen LogP contribution in [0.1, 0.15) is 63.1 Å². The summed E-state index contributed by atoms with van der Waals surface area (Å²) < 4.78 is 7.59. The Labute approximate surface area is 234 Å². The molecule has 0 unspecified atom stereocenters. The molecule has 0 radical (unpaired) electrons. The minimum absolute atomic E-state index is 0.0114. The third-order valence-electron chi connectivity index (χ3n) is 8.93. The molecule has 4 heterocycles. The van der Waals surface area contributed by atoms with Gasteiger partial charge < -0.3 is 15.2 Å². The molecule has 9 heteroatoms. The van der Waals surface area contributed by atoms with Gasteiger partial charge in [0, 0.05) is 46.9 Å². The largest absolute Gasteiger partial charge is 0.389 e. The van der Waals surface area contributed by atoms with E-state index in [1.54, 1.807) is 6.20 Å². The van der Waals surface area contributed by atoms with Crippen LogP contribution in [-0.4, -0.2) is 68.6 Å². The van der Waals surface area contributed by atoms with E-state index in [0.29, 0.717) is 30.9 Å². The SMILES string of the molecule is CC(C)Cn1nccc1[C@H]1C[C@@H]1C(=O)Nc1cc2cc(C3CCN([C@@]4(C)COC[C@H]4O)CC3)c(Cl)cc2cn1. The van der Waals surface area contributed by atoms with Crippen LogP contribution in [0.4, 0.5) is 5.82 Å². The van der Waals surface area contributed by atoms with Crippen LogP contribution in [0.5, 0.6) is 0 Å². The minimum Gasteiger partial charge on any atom is -0.389 e. The first kappa shape index (κ1) is 26.7. The number of fused-ring (bicyclic) bond motifs is 1. The van der Waals surface area contributed by atoms with E-state index in [2.05, 4.69) is 47.1 Å². The maximum atomic E-state index is 13.1. The average Bonchev–Trinajstić information content (AvgIpc) is 3.46. The van der Waals surface area contributed by atoms with E-state index in [1.165, 1.54) is 0 Å². The van der Waals surface area contributed by atoms with E-state index in [1.807, 2.05) is 29.1 Å². The summed E-state index contributed by atoms with van der Waals surface area (Å²) in [5, 5.41) is 20.7. The molecule has 208 valence electrons. The van der Waals surface area contributed by atoms with Crippen molar-refractivity contribution in [2.45, 2.75) is 70.1 Å². The number of anilines is 1. The van der Waals surface area contributed by atoms with Crippen molar-refractivity contribution in [3.8, 4) is 0 Å². The first-order valence-electron chi connectivity index (χ1n) is 14.2. The van der Waals surface area contributed by atoms with Gasteiger partial charge in [-0.15, -0.1) is 0 Å². The highest BCUT2D eigenvalue weighted by molar-refractivity contribution is 6.32. The van der Waals surface area contributed by atoms with Gasteiger partial charge in [0.05, 0.1) is 24.9 Å². The molecule has 2 aromatic heterocycles. The Morgan fingerprint density at radius 3 is 2.77 bits per heavy atom. The molecular formula is C30H38ClN5O3. The number of carbonyl (C=O) groups is 1. The Morgan fingerprint density at radius 2 is 2.05 bits per heavy atom. The van der Waals surface area contributed by atoms with Crippen LogP contribution in [0.2, 0.25) is 5.02 Å². The molecule has 3 aromatic rings. The summed E-state index contributed by atoms with van der Waals surface area (Å²) in [4.78, 5) is 19.9. The monoisotopic (exact) mass is 551 g/mol. The zero-order valence-corrected chi connectivity index (χ0v) is 23.7. The van der Waals surface area contributed by atoms with E-state index >= 15 is 0 Å². The van der Waals surface area contributed by atoms with Crippen LogP contribution in [0.25, 0.3) is 10.8 Å². The molecule has 2 aliphatic heterocycles. The lowest BCUT2D eigenvalue weighted by Crippen LogP contribution is -2.56. The summed E-state index contributed by atoms with van der Waals surface area (Å²) in [6.07, 6.45) is 5.94. The summed E-state index contributed by atoms with van der Waals surface area (Å²) in [6, 6.07) is 8.14. The second-order valence-corrected chi connectivity index (χ2v) is 12.6. The number of piperidine rings is 1. The molecule has 1 aliphatic carbocycles. The Balaban J connectivity index is 1.13. The Morgan fingerprint density at radius 1 is 1.26 bits per heavy atom. The molecule has 0 spiro atoms. The molecule has 2 N–H and O–H groups in total. The van der Waals surface area contributed by atoms with Gasteiger partial charge in [0.15, 0.2) is 0 Å². The molecule has 4 atom stereocenters. The van der Waals surface area contributed by atoms with E-state index in [9.17, 15) is 9.90 Å². The van der Waals surface area contributed by atoms with Gasteiger partial charge in [0.1, 0.15) is 5.82 Å². The highest BCUT2D eigenvalue weighted by Crippen LogP contribution is 2.48. The number of halogens is 1. The van der Waals surface area contributed by atoms with Gasteiger partial charge >= 0.3 is 0 Å². The Kier molecular flexibility index (Phi) is 7.16. The molecule has 6 rings (SSSR count). The van der Waals surface area contributed by atoms with Crippen LogP contribution < -0.4 is 5.32 Å². The van der Waals surface area contributed by atoms with E-state index in [4.69, 9.17) is 16.3 Å². The zero-order chi connectivity index (χ0) is 27.3. The number of rotatable bonds is 7. The summed E-state index contributed by atoms with van der Waals surface area (Å²) >= 11 is 6.76. The van der Waals surface area contributed by atoms with Gasteiger partial charge in [-0.25, -0.2) is 4.98 Å². The van der Waals surface area contributed by atoms with Crippen molar-refractivity contribution in [2.75, 3.05) is 31.6 Å². The van der Waals surface area contributed by atoms with Crippen LogP contribution >= 0.6 is 11.6 Å². The van der Waals surface area contributed by atoms with Crippen molar-refractivity contribution in [1.29, 1.82) is 0 Å². The fraction of sp³-hybridized carbons (Fsp3) is 0.567. The maximum Gasteiger partial charge on any atom is 0.229 e. The summed E-state index contributed by atoms with van der Waals surface area (Å²) in [5.74, 6) is 1.58. The van der Waals surface area contributed by atoms with E-state index < -0.39 is 6.10 Å². The number of nitrogens with one attached hydrogen (secondary N) is 1. The Hall–Kier alpha value is -2.52. The van der Waals surface area contributed by atoms with Crippen LogP contribution in [-0.2, 0) is 16.1 Å². The van der Waals surface area contributed by atoms with Crippen molar-refractivity contribution in [2.24, 2.45) is 11.8 Å². The number of aliphatic hydroxyl groups is 1. The first-order chi connectivity index (χ1) is 18.7. The van der Waals surface area contributed by atoms with Crippen molar-refractivity contribution in [3.05, 3.63) is 52.9 Å². The third-order valence-corrected chi connectivity index (χ3v) is 9.26. The number of hydrogen-bond donors (Lipinski definition) is 2. The lowest BCUT2D eigenvalue weighted by atomic mass is 9.85. The molecule has 2 saturated heterocycles. The molecule has 1 saturated carbocycles. The lowest BCUT2D eigenvalue weighted by Gasteiger charge is -2.43. The van der Waals surface area contributed by atoms with Gasteiger partial charge in [0.2, 0.25) is 5.91 Å². The number of aromatic nitrogens is 3. The molecule has 0 bridgehead atoms. The summed E-state index contributed by atoms with van der Waals surface area (Å²) in [6.45, 7) is 10.1. The predicted molar refractivity (Wildman–Crippen MR) is 152 cm³/mol. The number of carbonyl (C=O) groups excluding carboxylic acids is 1. The van der Waals surface area contributed by atoms with E-state index in [-0.39, 0.29) is 23.3 Å². The fourth-order valence-corrected chi connectivity index (χ4v) is 6.73. The molecule has 3 aliphatic rings. The summed E-state index contributed by atoms with van der Waals surface area (Å²) in [7, 11) is 0. The van der Waals surface area contributed by atoms with Crippen LogP contribution in [0.3, 0.4) is 0 Å². The van der Waals surface area contributed by atoms with E-state index in [0.717, 1.165) is 65.9 Å². The lowest BCUT2D eigenvalue weighted by molar-refractivity contribution is -0.117. The molecule has 1 aromatic carbocycles. The first-order valence-corrected chi connectivity index (χ1v) is 14.5. The summed E-state index contributed by atoms with van der Waals surface area (Å²) in [5.41, 5.74) is 1.97. The second kappa shape index (κ2) is 10.5. The van der Waals surface area contributed by atoms with Crippen molar-refractivity contribution < 1.29 is 14.6 Å². The average molecular weight is 552 g/mol. The standard InChI is InChI=1S/C30H38ClN5O3/c1-18(2)15-36-26(4-7-33-36)23-13-24(23)29(38)34-28-12-20-10-22(25(31)11-21(20)14-32-28)19-5-8-35(9-6-19)30(3)17-39-16-27(30)37/h4,7,10-12,14,18-19,23-24,27,37H,5-6,8-9,13,15-17H2,1-3H3,(H,32,34,38)/t23-,24-,27+,30-/m0/s1. The van der Waals surface area contributed by atoms with Gasteiger partial charge in [0.25, 0.3) is 0 Å². The van der Waals surface area contributed by atoms with Crippen LogP contribution in [0.15, 0.2) is 36.7 Å². The number of likely N-dealkylation sites (tertiary alicyclic amines) is 1.